The molecule has 2 aromatic carbocycles. The monoisotopic (exact) mass is 386 g/mol. The van der Waals surface area contributed by atoms with Crippen LogP contribution >= 0.6 is 0 Å². The zero-order valence-corrected chi connectivity index (χ0v) is 15.7. The Bertz CT molecular complexity index is 793. The van der Waals surface area contributed by atoms with Gasteiger partial charge in [-0.1, -0.05) is 36.4 Å². The lowest BCUT2D eigenvalue weighted by atomic mass is 9.98. The molecule has 0 saturated heterocycles. The van der Waals surface area contributed by atoms with Crippen LogP contribution in [0, 0.1) is 0 Å². The molecule has 0 heterocycles. The summed E-state index contributed by atoms with van der Waals surface area (Å²) in [6.07, 6.45) is -1.16. The van der Waals surface area contributed by atoms with Crippen LogP contribution in [0.1, 0.15) is 22.8 Å². The van der Waals surface area contributed by atoms with Crippen LogP contribution in [0.2, 0.25) is 0 Å². The number of carbonyl (C=O) groups is 2. The second-order valence-corrected chi connectivity index (χ2v) is 6.37. The zero-order chi connectivity index (χ0) is 20.5. The van der Waals surface area contributed by atoms with Gasteiger partial charge in [-0.25, -0.2) is 5.48 Å². The first-order chi connectivity index (χ1) is 13.5. The highest BCUT2D eigenvalue weighted by Gasteiger charge is 2.25. The molecule has 0 radical (unpaired) electrons. The molecular weight excluding hydrogens is 360 g/mol. The number of carbonyl (C=O) groups excluding carboxylic acids is 2. The number of amides is 2. The molecule has 0 aliphatic carbocycles. The molecule has 0 spiro atoms. The summed E-state index contributed by atoms with van der Waals surface area (Å²) in [7, 11) is 0. The van der Waals surface area contributed by atoms with Crippen molar-refractivity contribution < 1.29 is 19.9 Å². The maximum atomic E-state index is 12.4. The van der Waals surface area contributed by atoms with Gasteiger partial charge in [0.2, 0.25) is 0 Å². The second kappa shape index (κ2) is 10.5. The molecule has 0 unspecified atom stereocenters. The average molecular weight is 386 g/mol. The molecule has 0 fully saturated rings. The average Bonchev–Trinajstić information content (AvgIpc) is 2.71. The minimum Gasteiger partial charge on any atom is -0.391 e. The Hall–Kier alpha value is -2.78. The SMILES string of the molecule is C[C@@H](O)[C@H](NC(=O)c1ccc(-c2ccccc2CNCCN)cc1)C(=O)NO. The van der Waals surface area contributed by atoms with Gasteiger partial charge in [0.05, 0.1) is 6.10 Å². The normalized spacial score (nSPS) is 12.9. The van der Waals surface area contributed by atoms with Gasteiger partial charge in [0.25, 0.3) is 11.8 Å². The van der Waals surface area contributed by atoms with Gasteiger partial charge in [0, 0.05) is 25.2 Å². The number of aliphatic hydroxyl groups excluding tert-OH is 1. The van der Waals surface area contributed by atoms with Crippen molar-refractivity contribution in [2.75, 3.05) is 13.1 Å². The van der Waals surface area contributed by atoms with Crippen LogP contribution in [0.5, 0.6) is 0 Å². The van der Waals surface area contributed by atoms with Gasteiger partial charge < -0.3 is 21.5 Å². The second-order valence-electron chi connectivity index (χ2n) is 6.37. The Morgan fingerprint density at radius 2 is 1.79 bits per heavy atom. The molecule has 2 aromatic rings. The summed E-state index contributed by atoms with van der Waals surface area (Å²) >= 11 is 0. The molecule has 0 aliphatic rings. The van der Waals surface area contributed by atoms with E-state index in [1.807, 2.05) is 36.4 Å². The van der Waals surface area contributed by atoms with E-state index >= 15 is 0 Å². The van der Waals surface area contributed by atoms with Crippen molar-refractivity contribution in [2.45, 2.75) is 25.6 Å². The molecule has 2 rings (SSSR count). The van der Waals surface area contributed by atoms with E-state index in [0.29, 0.717) is 18.7 Å². The molecule has 150 valence electrons. The summed E-state index contributed by atoms with van der Waals surface area (Å²) in [6, 6.07) is 13.6. The molecule has 28 heavy (non-hydrogen) atoms. The standard InChI is InChI=1S/C20H26N4O4/c1-13(25)18(20(27)24-28)23-19(26)15-8-6-14(7-9-15)17-5-3-2-4-16(17)12-22-11-10-21/h2-9,13,18,22,25,28H,10-12,21H2,1H3,(H,23,26)(H,24,27)/t13-,18+/m1/s1. The number of benzene rings is 2. The molecule has 0 aromatic heterocycles. The van der Waals surface area contributed by atoms with E-state index in [2.05, 4.69) is 10.6 Å². The number of hydrogen-bond acceptors (Lipinski definition) is 6. The lowest BCUT2D eigenvalue weighted by Gasteiger charge is -2.19. The third-order valence-electron chi connectivity index (χ3n) is 4.27. The first kappa shape index (κ1) is 21.5. The Kier molecular flexibility index (Phi) is 8.09. The van der Waals surface area contributed by atoms with E-state index in [1.165, 1.54) is 12.4 Å². The van der Waals surface area contributed by atoms with Crippen molar-refractivity contribution in [3.05, 3.63) is 59.7 Å². The maximum Gasteiger partial charge on any atom is 0.268 e. The first-order valence-corrected chi connectivity index (χ1v) is 9.00. The van der Waals surface area contributed by atoms with E-state index in [1.54, 1.807) is 12.1 Å². The molecule has 7 N–H and O–H groups in total. The number of hydrogen-bond donors (Lipinski definition) is 6. The van der Waals surface area contributed by atoms with E-state index in [-0.39, 0.29) is 0 Å². The van der Waals surface area contributed by atoms with E-state index in [9.17, 15) is 14.7 Å². The van der Waals surface area contributed by atoms with Crippen molar-refractivity contribution in [3.8, 4) is 11.1 Å². The molecule has 8 nitrogen and oxygen atoms in total. The van der Waals surface area contributed by atoms with Crippen molar-refractivity contribution in [2.24, 2.45) is 5.73 Å². The lowest BCUT2D eigenvalue weighted by molar-refractivity contribution is -0.133. The van der Waals surface area contributed by atoms with Crippen LogP contribution in [0.15, 0.2) is 48.5 Å². The fourth-order valence-electron chi connectivity index (χ4n) is 2.78. The number of nitrogens with one attached hydrogen (secondary N) is 3. The Morgan fingerprint density at radius 1 is 1.11 bits per heavy atom. The van der Waals surface area contributed by atoms with Gasteiger partial charge in [0.15, 0.2) is 0 Å². The van der Waals surface area contributed by atoms with Gasteiger partial charge >= 0.3 is 0 Å². The van der Waals surface area contributed by atoms with Crippen molar-refractivity contribution in [1.82, 2.24) is 16.1 Å². The van der Waals surface area contributed by atoms with Gasteiger partial charge in [-0.2, -0.15) is 0 Å². The molecule has 0 aliphatic heterocycles. The number of hydroxylamine groups is 1. The fourth-order valence-corrected chi connectivity index (χ4v) is 2.78. The lowest BCUT2D eigenvalue weighted by Crippen LogP contribution is -2.51. The summed E-state index contributed by atoms with van der Waals surface area (Å²) in [5, 5.41) is 24.0. The molecule has 2 atom stereocenters. The summed E-state index contributed by atoms with van der Waals surface area (Å²) in [5.74, 6) is -1.42. The summed E-state index contributed by atoms with van der Waals surface area (Å²) in [6.45, 7) is 3.31. The Morgan fingerprint density at radius 3 is 2.39 bits per heavy atom. The van der Waals surface area contributed by atoms with E-state index in [4.69, 9.17) is 10.9 Å². The predicted octanol–water partition coefficient (Wildman–Crippen LogP) is 0.387. The minimum atomic E-state index is -1.26. The van der Waals surface area contributed by atoms with Gasteiger partial charge in [-0.15, -0.1) is 0 Å². The molecule has 8 heteroatoms. The predicted molar refractivity (Wildman–Crippen MR) is 106 cm³/mol. The van der Waals surface area contributed by atoms with Crippen LogP contribution in [0.4, 0.5) is 0 Å². The van der Waals surface area contributed by atoms with E-state index < -0.39 is 24.0 Å². The Balaban J connectivity index is 2.15. The number of nitrogens with two attached hydrogens (primary N) is 1. The number of aliphatic hydroxyl groups is 1. The largest absolute Gasteiger partial charge is 0.391 e. The van der Waals surface area contributed by atoms with Crippen molar-refractivity contribution in [3.63, 3.8) is 0 Å². The van der Waals surface area contributed by atoms with Gasteiger partial charge in [-0.05, 0) is 35.7 Å². The fraction of sp³-hybridized carbons (Fsp3) is 0.300. The summed E-state index contributed by atoms with van der Waals surface area (Å²) in [5.41, 5.74) is 10.4. The quantitative estimate of drug-likeness (QED) is 0.209. The maximum absolute atomic E-state index is 12.4. The highest BCUT2D eigenvalue weighted by atomic mass is 16.5. The zero-order valence-electron chi connectivity index (χ0n) is 15.7. The Labute approximate surface area is 163 Å². The summed E-state index contributed by atoms with van der Waals surface area (Å²) in [4.78, 5) is 23.9. The van der Waals surface area contributed by atoms with Gasteiger partial charge in [0.1, 0.15) is 6.04 Å². The third-order valence-corrected chi connectivity index (χ3v) is 4.27. The highest BCUT2D eigenvalue weighted by molar-refractivity contribution is 5.98. The van der Waals surface area contributed by atoms with Gasteiger partial charge in [-0.3, -0.25) is 14.8 Å². The minimum absolute atomic E-state index is 0.332. The molecule has 0 bridgehead atoms. The topological polar surface area (TPSA) is 137 Å². The molecule has 2 amide bonds. The van der Waals surface area contributed by atoms with Crippen molar-refractivity contribution >= 4 is 11.8 Å². The summed E-state index contributed by atoms with van der Waals surface area (Å²) < 4.78 is 0. The first-order valence-electron chi connectivity index (χ1n) is 9.00. The van der Waals surface area contributed by atoms with Crippen LogP contribution in [-0.2, 0) is 11.3 Å². The smallest absolute Gasteiger partial charge is 0.268 e. The third kappa shape index (κ3) is 5.61. The highest BCUT2D eigenvalue weighted by Crippen LogP contribution is 2.24. The van der Waals surface area contributed by atoms with Crippen LogP contribution in [0.3, 0.4) is 0 Å². The number of rotatable bonds is 9. The molecular formula is C20H26N4O4. The van der Waals surface area contributed by atoms with Crippen LogP contribution < -0.4 is 21.8 Å². The van der Waals surface area contributed by atoms with E-state index in [0.717, 1.165) is 23.2 Å². The molecule has 0 saturated carbocycles. The van der Waals surface area contributed by atoms with Crippen LogP contribution in [-0.4, -0.2) is 47.4 Å². The van der Waals surface area contributed by atoms with Crippen molar-refractivity contribution in [1.29, 1.82) is 0 Å². The van der Waals surface area contributed by atoms with Crippen LogP contribution in [0.25, 0.3) is 11.1 Å².